The van der Waals surface area contributed by atoms with E-state index < -0.39 is 0 Å². The third kappa shape index (κ3) is 3.22. The number of hydrogen-bond acceptors (Lipinski definition) is 2. The average Bonchev–Trinajstić information content (AvgIpc) is 3.18. The fourth-order valence-electron chi connectivity index (χ4n) is 1.80. The Bertz CT molecular complexity index is 430. The van der Waals surface area contributed by atoms with Gasteiger partial charge in [0.1, 0.15) is 5.82 Å². The maximum atomic E-state index is 13.7. The van der Waals surface area contributed by atoms with Gasteiger partial charge in [0.15, 0.2) is 0 Å². The molecular weight excluding hydrogens is 231 g/mol. The molecule has 3 nitrogen and oxygen atoms in total. The van der Waals surface area contributed by atoms with Gasteiger partial charge in [-0.1, -0.05) is 13.0 Å². The summed E-state index contributed by atoms with van der Waals surface area (Å²) in [6.45, 7) is 3.35. The van der Waals surface area contributed by atoms with E-state index in [4.69, 9.17) is 0 Å². The molecule has 0 spiro atoms. The molecule has 1 amide bonds. The first-order valence-corrected chi connectivity index (χ1v) is 6.53. The number of rotatable bonds is 6. The minimum absolute atomic E-state index is 0.194. The molecule has 1 saturated carbocycles. The van der Waals surface area contributed by atoms with Gasteiger partial charge in [0.25, 0.3) is 5.91 Å². The zero-order valence-electron chi connectivity index (χ0n) is 10.6. The van der Waals surface area contributed by atoms with Crippen LogP contribution >= 0.6 is 0 Å². The Hall–Kier alpha value is -1.58. The molecule has 0 atom stereocenters. The second-order valence-corrected chi connectivity index (χ2v) is 4.74. The predicted molar refractivity (Wildman–Crippen MR) is 70.2 cm³/mol. The molecule has 1 aromatic carbocycles. The number of benzene rings is 1. The quantitative estimate of drug-likeness (QED) is 0.815. The van der Waals surface area contributed by atoms with E-state index in [1.165, 1.54) is 18.9 Å². The van der Waals surface area contributed by atoms with Crippen molar-refractivity contribution in [2.24, 2.45) is 5.92 Å². The van der Waals surface area contributed by atoms with Gasteiger partial charge in [0, 0.05) is 13.1 Å². The SMILES string of the molecule is CCCNc1c(F)cccc1C(=O)NCC1CC1. The molecule has 0 unspecified atom stereocenters. The summed E-state index contributed by atoms with van der Waals surface area (Å²) in [4.78, 5) is 12.0. The molecule has 0 aliphatic heterocycles. The molecule has 1 aliphatic rings. The smallest absolute Gasteiger partial charge is 0.253 e. The minimum atomic E-state index is -0.373. The maximum Gasteiger partial charge on any atom is 0.253 e. The van der Waals surface area contributed by atoms with Gasteiger partial charge in [-0.05, 0) is 37.3 Å². The Morgan fingerprint density at radius 1 is 1.44 bits per heavy atom. The van der Waals surface area contributed by atoms with Crippen LogP contribution in [0.3, 0.4) is 0 Å². The number of hydrogen-bond donors (Lipinski definition) is 2. The Balaban J connectivity index is 2.08. The minimum Gasteiger partial charge on any atom is -0.382 e. The topological polar surface area (TPSA) is 41.1 Å². The second-order valence-electron chi connectivity index (χ2n) is 4.74. The molecular formula is C14H19FN2O. The number of nitrogens with one attached hydrogen (secondary N) is 2. The van der Waals surface area contributed by atoms with Crippen molar-refractivity contribution >= 4 is 11.6 Å². The monoisotopic (exact) mass is 250 g/mol. The predicted octanol–water partition coefficient (Wildman–Crippen LogP) is 2.79. The van der Waals surface area contributed by atoms with Crippen molar-refractivity contribution in [3.05, 3.63) is 29.6 Å². The lowest BCUT2D eigenvalue weighted by Crippen LogP contribution is -2.26. The highest BCUT2D eigenvalue weighted by molar-refractivity contribution is 5.99. The number of carbonyl (C=O) groups is 1. The largest absolute Gasteiger partial charge is 0.382 e. The van der Waals surface area contributed by atoms with Crippen LogP contribution in [0.4, 0.5) is 10.1 Å². The van der Waals surface area contributed by atoms with Crippen molar-refractivity contribution in [1.29, 1.82) is 0 Å². The Labute approximate surface area is 107 Å². The van der Waals surface area contributed by atoms with Gasteiger partial charge in [0.05, 0.1) is 11.3 Å². The molecule has 1 fully saturated rings. The van der Waals surface area contributed by atoms with Gasteiger partial charge >= 0.3 is 0 Å². The van der Waals surface area contributed by atoms with E-state index in [1.54, 1.807) is 12.1 Å². The molecule has 0 saturated heterocycles. The highest BCUT2D eigenvalue weighted by Crippen LogP contribution is 2.28. The molecule has 0 radical (unpaired) electrons. The van der Waals surface area contributed by atoms with E-state index in [0.29, 0.717) is 30.3 Å². The van der Waals surface area contributed by atoms with Gasteiger partial charge in [0.2, 0.25) is 0 Å². The number of amides is 1. The number of anilines is 1. The summed E-state index contributed by atoms with van der Waals surface area (Å²) in [5.74, 6) is 0.0529. The van der Waals surface area contributed by atoms with Crippen LogP contribution in [0.5, 0.6) is 0 Å². The van der Waals surface area contributed by atoms with Crippen LogP contribution in [0, 0.1) is 11.7 Å². The molecule has 0 bridgehead atoms. The van der Waals surface area contributed by atoms with Gasteiger partial charge in [-0.2, -0.15) is 0 Å². The van der Waals surface area contributed by atoms with E-state index in [2.05, 4.69) is 10.6 Å². The van der Waals surface area contributed by atoms with E-state index in [0.717, 1.165) is 6.42 Å². The molecule has 0 heterocycles. The van der Waals surface area contributed by atoms with E-state index >= 15 is 0 Å². The molecule has 0 aromatic heterocycles. The van der Waals surface area contributed by atoms with Gasteiger partial charge < -0.3 is 10.6 Å². The van der Waals surface area contributed by atoms with Crippen LogP contribution in [0.1, 0.15) is 36.5 Å². The normalized spacial score (nSPS) is 14.3. The Morgan fingerprint density at radius 2 is 2.22 bits per heavy atom. The standard InChI is InChI=1S/C14H19FN2O/c1-2-8-16-13-11(4-3-5-12(13)15)14(18)17-9-10-6-7-10/h3-5,10,16H,2,6-9H2,1H3,(H,17,18). The lowest BCUT2D eigenvalue weighted by Gasteiger charge is -2.12. The zero-order chi connectivity index (χ0) is 13.0. The van der Waals surface area contributed by atoms with Crippen LogP contribution in [-0.2, 0) is 0 Å². The average molecular weight is 250 g/mol. The molecule has 1 aliphatic carbocycles. The molecule has 2 N–H and O–H groups in total. The van der Waals surface area contributed by atoms with Crippen molar-refractivity contribution in [1.82, 2.24) is 5.32 Å². The van der Waals surface area contributed by atoms with E-state index in [9.17, 15) is 9.18 Å². The molecule has 98 valence electrons. The lowest BCUT2D eigenvalue weighted by atomic mass is 10.1. The van der Waals surface area contributed by atoms with Gasteiger partial charge in [-0.3, -0.25) is 4.79 Å². The Morgan fingerprint density at radius 3 is 2.89 bits per heavy atom. The first-order chi connectivity index (χ1) is 8.72. The lowest BCUT2D eigenvalue weighted by molar-refractivity contribution is 0.0952. The third-order valence-electron chi connectivity index (χ3n) is 3.06. The van der Waals surface area contributed by atoms with E-state index in [-0.39, 0.29) is 11.7 Å². The number of para-hydroxylation sites is 1. The summed E-state index contributed by atoms with van der Waals surface area (Å²) >= 11 is 0. The van der Waals surface area contributed by atoms with Crippen molar-refractivity contribution in [2.45, 2.75) is 26.2 Å². The number of carbonyl (C=O) groups excluding carboxylic acids is 1. The van der Waals surface area contributed by atoms with Crippen molar-refractivity contribution < 1.29 is 9.18 Å². The highest BCUT2D eigenvalue weighted by Gasteiger charge is 2.22. The molecule has 4 heteroatoms. The van der Waals surface area contributed by atoms with Crippen molar-refractivity contribution in [3.63, 3.8) is 0 Å². The first kappa shape index (κ1) is 12.9. The third-order valence-corrected chi connectivity index (χ3v) is 3.06. The summed E-state index contributed by atoms with van der Waals surface area (Å²) in [6, 6.07) is 4.59. The summed E-state index contributed by atoms with van der Waals surface area (Å²) in [5.41, 5.74) is 0.705. The highest BCUT2D eigenvalue weighted by atomic mass is 19.1. The Kier molecular flexibility index (Phi) is 4.18. The fourth-order valence-corrected chi connectivity index (χ4v) is 1.80. The second kappa shape index (κ2) is 5.85. The van der Waals surface area contributed by atoms with Crippen LogP contribution in [0.2, 0.25) is 0 Å². The van der Waals surface area contributed by atoms with Crippen LogP contribution in [0.25, 0.3) is 0 Å². The summed E-state index contributed by atoms with van der Waals surface area (Å²) < 4.78 is 13.7. The summed E-state index contributed by atoms with van der Waals surface area (Å²) in [6.07, 6.45) is 3.26. The van der Waals surface area contributed by atoms with Crippen LogP contribution < -0.4 is 10.6 Å². The molecule has 18 heavy (non-hydrogen) atoms. The zero-order valence-corrected chi connectivity index (χ0v) is 10.6. The van der Waals surface area contributed by atoms with Gasteiger partial charge in [-0.15, -0.1) is 0 Å². The molecule has 2 rings (SSSR count). The fraction of sp³-hybridized carbons (Fsp3) is 0.500. The van der Waals surface area contributed by atoms with E-state index in [1.807, 2.05) is 6.92 Å². The molecule has 1 aromatic rings. The van der Waals surface area contributed by atoms with Crippen molar-refractivity contribution in [3.8, 4) is 0 Å². The summed E-state index contributed by atoms with van der Waals surface area (Å²) in [7, 11) is 0. The summed E-state index contributed by atoms with van der Waals surface area (Å²) in [5, 5.41) is 5.84. The van der Waals surface area contributed by atoms with Crippen molar-refractivity contribution in [2.75, 3.05) is 18.4 Å². The first-order valence-electron chi connectivity index (χ1n) is 6.53. The van der Waals surface area contributed by atoms with Crippen LogP contribution in [0.15, 0.2) is 18.2 Å². The van der Waals surface area contributed by atoms with Gasteiger partial charge in [-0.25, -0.2) is 4.39 Å². The maximum absolute atomic E-state index is 13.7. The number of halogens is 1. The van der Waals surface area contributed by atoms with Crippen LogP contribution in [-0.4, -0.2) is 19.0 Å².